The summed E-state index contributed by atoms with van der Waals surface area (Å²) >= 11 is 0. The number of methoxy groups -OCH3 is 1. The largest absolute Gasteiger partial charge is 0.494 e. The second kappa shape index (κ2) is 7.89. The molecule has 10 heteroatoms. The second-order valence-electron chi connectivity index (χ2n) is 6.21. The van der Waals surface area contributed by atoms with Crippen LogP contribution in [0, 0.1) is 6.92 Å². The molecular formula is C19H19N9O. The normalized spacial score (nSPS) is 10.6. The predicted molar refractivity (Wildman–Crippen MR) is 108 cm³/mol. The highest BCUT2D eigenvalue weighted by Gasteiger charge is 2.15. The van der Waals surface area contributed by atoms with Crippen LogP contribution in [0.4, 0.5) is 23.1 Å². The lowest BCUT2D eigenvalue weighted by molar-refractivity contribution is 0.418. The van der Waals surface area contributed by atoms with E-state index in [1.165, 1.54) is 12.7 Å². The molecule has 2 N–H and O–H groups in total. The van der Waals surface area contributed by atoms with Crippen LogP contribution in [0.25, 0.3) is 11.4 Å². The summed E-state index contributed by atoms with van der Waals surface area (Å²) in [5, 5.41) is 10.8. The minimum absolute atomic E-state index is 0.581. The third-order valence-corrected chi connectivity index (χ3v) is 4.05. The van der Waals surface area contributed by atoms with E-state index < -0.39 is 0 Å². The van der Waals surface area contributed by atoms with Gasteiger partial charge in [-0.15, -0.1) is 0 Å². The van der Waals surface area contributed by atoms with E-state index in [1.54, 1.807) is 24.2 Å². The molecule has 146 valence electrons. The third kappa shape index (κ3) is 4.10. The molecule has 0 atom stereocenters. The molecule has 4 rings (SSSR count). The van der Waals surface area contributed by atoms with E-state index >= 15 is 0 Å². The summed E-state index contributed by atoms with van der Waals surface area (Å²) in [7, 11) is 3.43. The SMILES string of the molecule is COc1c(Nc2cc(Nc3cc(C)ncn3)ncn2)cccc1-c1ncn(C)n1. The average molecular weight is 389 g/mol. The lowest BCUT2D eigenvalue weighted by atomic mass is 10.1. The van der Waals surface area contributed by atoms with E-state index in [4.69, 9.17) is 4.74 Å². The average Bonchev–Trinajstić information content (AvgIpc) is 3.14. The van der Waals surface area contributed by atoms with Gasteiger partial charge in [-0.2, -0.15) is 5.10 Å². The maximum absolute atomic E-state index is 5.62. The number of aryl methyl sites for hydroxylation is 2. The van der Waals surface area contributed by atoms with E-state index in [0.29, 0.717) is 29.0 Å². The van der Waals surface area contributed by atoms with Crippen LogP contribution in [0.1, 0.15) is 5.69 Å². The van der Waals surface area contributed by atoms with Crippen molar-refractivity contribution in [3.05, 3.63) is 55.0 Å². The van der Waals surface area contributed by atoms with E-state index in [9.17, 15) is 0 Å². The Bertz CT molecular complexity index is 1140. The molecule has 0 unspecified atom stereocenters. The van der Waals surface area contributed by atoms with Crippen molar-refractivity contribution < 1.29 is 4.74 Å². The van der Waals surface area contributed by atoms with Gasteiger partial charge in [0.2, 0.25) is 0 Å². The van der Waals surface area contributed by atoms with Gasteiger partial charge in [0.15, 0.2) is 11.6 Å². The Balaban J connectivity index is 1.61. The first-order valence-electron chi connectivity index (χ1n) is 8.80. The van der Waals surface area contributed by atoms with E-state index in [1.807, 2.05) is 38.2 Å². The van der Waals surface area contributed by atoms with Gasteiger partial charge >= 0.3 is 0 Å². The zero-order valence-corrected chi connectivity index (χ0v) is 16.2. The Hall–Kier alpha value is -4.08. The molecule has 29 heavy (non-hydrogen) atoms. The molecule has 0 amide bonds. The smallest absolute Gasteiger partial charge is 0.184 e. The topological polar surface area (TPSA) is 116 Å². The van der Waals surface area contributed by atoms with Gasteiger partial charge in [-0.05, 0) is 19.1 Å². The van der Waals surface area contributed by atoms with Gasteiger partial charge in [-0.3, -0.25) is 4.68 Å². The number of nitrogens with zero attached hydrogens (tertiary/aromatic N) is 7. The predicted octanol–water partition coefficient (Wildman–Crippen LogP) is 2.87. The Labute approximate surface area is 167 Å². The quantitative estimate of drug-likeness (QED) is 0.513. The molecule has 4 aromatic rings. The highest BCUT2D eigenvalue weighted by molar-refractivity contribution is 5.77. The molecule has 0 fully saturated rings. The molecule has 0 radical (unpaired) electrons. The summed E-state index contributed by atoms with van der Waals surface area (Å²) in [5.41, 5.74) is 2.38. The number of anilines is 4. The van der Waals surface area contributed by atoms with Gasteiger partial charge < -0.3 is 15.4 Å². The van der Waals surface area contributed by atoms with Gasteiger partial charge in [-0.1, -0.05) is 6.07 Å². The Morgan fingerprint density at radius 2 is 1.62 bits per heavy atom. The van der Waals surface area contributed by atoms with E-state index in [2.05, 4.69) is 40.7 Å². The number of para-hydroxylation sites is 1. The summed E-state index contributed by atoms with van der Waals surface area (Å²) in [6.45, 7) is 1.90. The first-order valence-corrected chi connectivity index (χ1v) is 8.80. The molecule has 0 spiro atoms. The summed E-state index contributed by atoms with van der Waals surface area (Å²) in [4.78, 5) is 21.1. The van der Waals surface area contributed by atoms with Crippen molar-refractivity contribution in [3.8, 4) is 17.1 Å². The lowest BCUT2D eigenvalue weighted by Crippen LogP contribution is -2.02. The molecule has 0 saturated carbocycles. The van der Waals surface area contributed by atoms with Crippen LogP contribution in [-0.2, 0) is 7.05 Å². The number of hydrogen-bond acceptors (Lipinski definition) is 9. The van der Waals surface area contributed by atoms with E-state index in [-0.39, 0.29) is 0 Å². The molecule has 0 saturated heterocycles. The fourth-order valence-corrected chi connectivity index (χ4v) is 2.78. The molecule has 10 nitrogen and oxygen atoms in total. The van der Waals surface area contributed by atoms with Crippen molar-refractivity contribution in [2.75, 3.05) is 17.7 Å². The van der Waals surface area contributed by atoms with Crippen LogP contribution in [0.15, 0.2) is 49.3 Å². The van der Waals surface area contributed by atoms with Gasteiger partial charge in [0.25, 0.3) is 0 Å². The minimum Gasteiger partial charge on any atom is -0.494 e. The van der Waals surface area contributed by atoms with Gasteiger partial charge in [0, 0.05) is 24.9 Å². The fourth-order valence-electron chi connectivity index (χ4n) is 2.78. The van der Waals surface area contributed by atoms with Crippen LogP contribution < -0.4 is 15.4 Å². The Kier molecular flexibility index (Phi) is 4.97. The molecule has 3 heterocycles. The van der Waals surface area contributed by atoms with Gasteiger partial charge in [0.1, 0.15) is 36.4 Å². The maximum Gasteiger partial charge on any atom is 0.184 e. The van der Waals surface area contributed by atoms with Crippen LogP contribution in [-0.4, -0.2) is 41.8 Å². The van der Waals surface area contributed by atoms with Crippen LogP contribution in [0.2, 0.25) is 0 Å². The van der Waals surface area contributed by atoms with E-state index in [0.717, 1.165) is 16.9 Å². The van der Waals surface area contributed by atoms with Crippen LogP contribution in [0.5, 0.6) is 5.75 Å². The number of benzene rings is 1. The fraction of sp³-hybridized carbons (Fsp3) is 0.158. The molecule has 0 aliphatic heterocycles. The minimum atomic E-state index is 0.581. The second-order valence-corrected chi connectivity index (χ2v) is 6.21. The molecule has 0 bridgehead atoms. The van der Waals surface area contributed by atoms with Crippen LogP contribution >= 0.6 is 0 Å². The standard InChI is InChI=1S/C19H19N9O/c1-12-7-15(21-9-20-12)26-17-8-16(22-10-23-17)25-14-6-4-5-13(18(14)29-3)19-24-11-28(2)27-19/h4-11H,1-3H3,(H2,20,21,22,23,25,26). The molecular weight excluding hydrogens is 370 g/mol. The van der Waals surface area contributed by atoms with Gasteiger partial charge in [-0.25, -0.2) is 24.9 Å². The van der Waals surface area contributed by atoms with Crippen molar-refractivity contribution in [1.82, 2.24) is 34.7 Å². The van der Waals surface area contributed by atoms with Crippen molar-refractivity contribution in [3.63, 3.8) is 0 Å². The van der Waals surface area contributed by atoms with Crippen molar-refractivity contribution >= 4 is 23.1 Å². The number of nitrogens with one attached hydrogen (secondary N) is 2. The molecule has 3 aromatic heterocycles. The molecule has 1 aromatic carbocycles. The van der Waals surface area contributed by atoms with Crippen molar-refractivity contribution in [2.24, 2.45) is 7.05 Å². The zero-order chi connectivity index (χ0) is 20.2. The summed E-state index contributed by atoms with van der Waals surface area (Å²) in [6, 6.07) is 9.32. The lowest BCUT2D eigenvalue weighted by Gasteiger charge is -2.14. The van der Waals surface area contributed by atoms with Gasteiger partial charge in [0.05, 0.1) is 18.4 Å². The zero-order valence-electron chi connectivity index (χ0n) is 16.2. The molecule has 0 aliphatic rings. The van der Waals surface area contributed by atoms with Crippen LogP contribution in [0.3, 0.4) is 0 Å². The highest BCUT2D eigenvalue weighted by atomic mass is 16.5. The summed E-state index contributed by atoms with van der Waals surface area (Å²) in [6.07, 6.45) is 4.61. The Morgan fingerprint density at radius 3 is 2.31 bits per heavy atom. The maximum atomic E-state index is 5.62. The van der Waals surface area contributed by atoms with Crippen molar-refractivity contribution in [1.29, 1.82) is 0 Å². The first kappa shape index (κ1) is 18.3. The number of hydrogen-bond donors (Lipinski definition) is 2. The highest BCUT2D eigenvalue weighted by Crippen LogP contribution is 2.36. The third-order valence-electron chi connectivity index (χ3n) is 4.05. The molecule has 0 aliphatic carbocycles. The first-order chi connectivity index (χ1) is 14.1. The number of aromatic nitrogens is 7. The van der Waals surface area contributed by atoms with Crippen molar-refractivity contribution in [2.45, 2.75) is 6.92 Å². The monoisotopic (exact) mass is 389 g/mol. The summed E-state index contributed by atoms with van der Waals surface area (Å²) < 4.78 is 7.27. The number of rotatable bonds is 6. The number of ether oxygens (including phenoxy) is 1. The summed E-state index contributed by atoms with van der Waals surface area (Å²) in [5.74, 6) is 3.05. The Morgan fingerprint density at radius 1 is 0.897 bits per heavy atom.